The molecule has 11 heteroatoms. The second-order valence-electron chi connectivity index (χ2n) is 6.13. The lowest BCUT2D eigenvalue weighted by molar-refractivity contribution is 0.101. The molecule has 1 atom stereocenters. The minimum Gasteiger partial charge on any atom is -0.379 e. The predicted octanol–water partition coefficient (Wildman–Crippen LogP) is 3.72. The Morgan fingerprint density at radius 2 is 2.14 bits per heavy atom. The maximum atomic E-state index is 14.1. The molecule has 0 bridgehead atoms. The number of amidine groups is 1. The minimum atomic E-state index is -2.01. The molecular formula is C18H15F4N5OS. The van der Waals surface area contributed by atoms with Crippen molar-refractivity contribution in [3.05, 3.63) is 59.4 Å². The van der Waals surface area contributed by atoms with Crippen LogP contribution < -0.4 is 11.1 Å². The second-order valence-corrected chi connectivity index (χ2v) is 7.25. The molecule has 6 nitrogen and oxygen atoms in total. The zero-order valence-electron chi connectivity index (χ0n) is 14.8. The van der Waals surface area contributed by atoms with Crippen molar-refractivity contribution in [1.82, 2.24) is 9.97 Å². The van der Waals surface area contributed by atoms with Gasteiger partial charge in [-0.2, -0.15) is 8.78 Å². The molecule has 3 rings (SSSR count). The molecule has 0 fully saturated rings. The SMILES string of the molecule is NC1=N[C@](CF)(c2cc(NC(=O)c3ncc(C=C(F)F)cc3F)ccn2)CCS1. The summed E-state index contributed by atoms with van der Waals surface area (Å²) < 4.78 is 52.4. The summed E-state index contributed by atoms with van der Waals surface area (Å²) in [5.41, 5.74) is 4.22. The van der Waals surface area contributed by atoms with Gasteiger partial charge in [0.15, 0.2) is 16.7 Å². The number of pyridine rings is 2. The maximum absolute atomic E-state index is 14.1. The number of rotatable bonds is 5. The number of halogens is 4. The van der Waals surface area contributed by atoms with Gasteiger partial charge in [0.1, 0.15) is 12.2 Å². The van der Waals surface area contributed by atoms with E-state index >= 15 is 0 Å². The van der Waals surface area contributed by atoms with Crippen LogP contribution in [-0.2, 0) is 5.54 Å². The monoisotopic (exact) mass is 425 g/mol. The Balaban J connectivity index is 1.84. The van der Waals surface area contributed by atoms with Gasteiger partial charge in [0.05, 0.1) is 5.69 Å². The number of aliphatic imine (C=N–C) groups is 1. The molecule has 1 aliphatic rings. The van der Waals surface area contributed by atoms with E-state index in [-0.39, 0.29) is 22.1 Å². The smallest absolute Gasteiger partial charge is 0.277 e. The second kappa shape index (κ2) is 8.60. The number of nitrogens with zero attached hydrogens (tertiary/aromatic N) is 3. The number of nitrogens with two attached hydrogens (primary N) is 1. The van der Waals surface area contributed by atoms with Crippen LogP contribution in [0.1, 0.15) is 28.2 Å². The zero-order chi connectivity index (χ0) is 21.0. The van der Waals surface area contributed by atoms with Crippen molar-refractivity contribution >= 4 is 34.6 Å². The molecule has 0 saturated carbocycles. The van der Waals surface area contributed by atoms with Crippen LogP contribution in [0.5, 0.6) is 0 Å². The van der Waals surface area contributed by atoms with Gasteiger partial charge in [0.25, 0.3) is 12.0 Å². The highest BCUT2D eigenvalue weighted by Gasteiger charge is 2.36. The van der Waals surface area contributed by atoms with Crippen molar-refractivity contribution in [2.45, 2.75) is 12.0 Å². The molecule has 3 heterocycles. The Bertz CT molecular complexity index is 996. The molecule has 0 saturated heterocycles. The molecule has 1 aliphatic heterocycles. The average molecular weight is 425 g/mol. The normalized spacial score (nSPS) is 18.7. The number of carbonyl (C=O) groups excluding carboxylic acids is 1. The van der Waals surface area contributed by atoms with Gasteiger partial charge in [0.2, 0.25) is 0 Å². The van der Waals surface area contributed by atoms with E-state index in [1.165, 1.54) is 30.1 Å². The number of carbonyl (C=O) groups is 1. The minimum absolute atomic E-state index is 0.180. The van der Waals surface area contributed by atoms with E-state index in [4.69, 9.17) is 5.73 Å². The molecule has 0 aromatic carbocycles. The van der Waals surface area contributed by atoms with Gasteiger partial charge in [-0.1, -0.05) is 11.8 Å². The van der Waals surface area contributed by atoms with E-state index in [0.717, 1.165) is 12.3 Å². The van der Waals surface area contributed by atoms with E-state index in [0.29, 0.717) is 18.2 Å². The number of hydrogen-bond donors (Lipinski definition) is 2. The third-order valence-corrected chi connectivity index (χ3v) is 4.95. The summed E-state index contributed by atoms with van der Waals surface area (Å²) in [6.45, 7) is -0.824. The average Bonchev–Trinajstić information content (AvgIpc) is 2.67. The first-order chi connectivity index (χ1) is 13.8. The van der Waals surface area contributed by atoms with Crippen LogP contribution in [-0.4, -0.2) is 33.5 Å². The Labute approximate surface area is 167 Å². The van der Waals surface area contributed by atoms with Crippen LogP contribution in [0.4, 0.5) is 23.2 Å². The van der Waals surface area contributed by atoms with E-state index in [1.807, 2.05) is 0 Å². The van der Waals surface area contributed by atoms with Crippen LogP contribution in [0.3, 0.4) is 0 Å². The van der Waals surface area contributed by atoms with Crippen LogP contribution in [0.15, 0.2) is 41.7 Å². The highest BCUT2D eigenvalue weighted by Crippen LogP contribution is 2.35. The summed E-state index contributed by atoms with van der Waals surface area (Å²) in [5, 5.41) is 2.68. The molecule has 0 unspecified atom stereocenters. The van der Waals surface area contributed by atoms with Gasteiger partial charge in [-0.05, 0) is 24.6 Å². The summed E-state index contributed by atoms with van der Waals surface area (Å²) in [5.74, 6) is -1.39. The molecular weight excluding hydrogens is 410 g/mol. The molecule has 2 aromatic rings. The standard InChI is InChI=1S/C18H15F4N5OS/c19-9-18(2-4-29-17(23)27-18)13-7-11(1-3-24-13)26-16(28)15-12(20)5-10(8-25-15)6-14(21)22/h1,3,5-8H,2,4,9H2,(H2,23,27)(H,24,26,28)/t18-/m1/s1. The quantitative estimate of drug-likeness (QED) is 0.713. The van der Waals surface area contributed by atoms with Gasteiger partial charge < -0.3 is 11.1 Å². The first kappa shape index (κ1) is 20.8. The first-order valence-corrected chi connectivity index (χ1v) is 9.32. The third-order valence-electron chi connectivity index (χ3n) is 4.16. The van der Waals surface area contributed by atoms with Crippen molar-refractivity contribution < 1.29 is 22.4 Å². The molecule has 0 aliphatic carbocycles. The Kier molecular flexibility index (Phi) is 6.16. The molecule has 0 spiro atoms. The highest BCUT2D eigenvalue weighted by molar-refractivity contribution is 8.13. The van der Waals surface area contributed by atoms with Crippen molar-refractivity contribution in [3.63, 3.8) is 0 Å². The summed E-state index contributed by atoms with van der Waals surface area (Å²) in [7, 11) is 0. The Morgan fingerprint density at radius 3 is 2.79 bits per heavy atom. The number of alkyl halides is 1. The number of thioether (sulfide) groups is 1. The zero-order valence-corrected chi connectivity index (χ0v) is 15.6. The summed E-state index contributed by atoms with van der Waals surface area (Å²) in [6, 6.07) is 3.64. The van der Waals surface area contributed by atoms with E-state index in [9.17, 15) is 22.4 Å². The van der Waals surface area contributed by atoms with E-state index in [2.05, 4.69) is 20.3 Å². The predicted molar refractivity (Wildman–Crippen MR) is 103 cm³/mol. The number of anilines is 1. The summed E-state index contributed by atoms with van der Waals surface area (Å²) in [4.78, 5) is 24.3. The fourth-order valence-corrected chi connectivity index (χ4v) is 3.64. The fraction of sp³-hybridized carbons (Fsp3) is 0.222. The van der Waals surface area contributed by atoms with Crippen LogP contribution >= 0.6 is 11.8 Å². The molecule has 0 radical (unpaired) electrons. The molecule has 3 N–H and O–H groups in total. The van der Waals surface area contributed by atoms with Gasteiger partial charge in [0, 0.05) is 35.5 Å². The van der Waals surface area contributed by atoms with E-state index < -0.39 is 35.7 Å². The van der Waals surface area contributed by atoms with Crippen molar-refractivity contribution in [2.24, 2.45) is 10.7 Å². The van der Waals surface area contributed by atoms with Crippen molar-refractivity contribution in [2.75, 3.05) is 17.7 Å². The Morgan fingerprint density at radius 1 is 1.34 bits per heavy atom. The van der Waals surface area contributed by atoms with Gasteiger partial charge in [-0.15, -0.1) is 0 Å². The maximum Gasteiger partial charge on any atom is 0.277 e. The topological polar surface area (TPSA) is 93.3 Å². The fourth-order valence-electron chi connectivity index (χ4n) is 2.75. The van der Waals surface area contributed by atoms with Gasteiger partial charge >= 0.3 is 0 Å². The molecule has 29 heavy (non-hydrogen) atoms. The molecule has 1 amide bonds. The Hall–Kier alpha value is -2.95. The highest BCUT2D eigenvalue weighted by atomic mass is 32.2. The lowest BCUT2D eigenvalue weighted by atomic mass is 9.93. The van der Waals surface area contributed by atoms with Crippen molar-refractivity contribution in [1.29, 1.82) is 0 Å². The largest absolute Gasteiger partial charge is 0.379 e. The van der Waals surface area contributed by atoms with Crippen LogP contribution in [0.2, 0.25) is 0 Å². The van der Waals surface area contributed by atoms with Crippen molar-refractivity contribution in [3.8, 4) is 0 Å². The van der Waals surface area contributed by atoms with Gasteiger partial charge in [-0.3, -0.25) is 9.78 Å². The third kappa shape index (κ3) is 4.73. The lowest BCUT2D eigenvalue weighted by Gasteiger charge is -2.30. The molecule has 2 aromatic heterocycles. The van der Waals surface area contributed by atoms with Gasteiger partial charge in [-0.25, -0.2) is 18.8 Å². The van der Waals surface area contributed by atoms with E-state index in [1.54, 1.807) is 0 Å². The summed E-state index contributed by atoms with van der Waals surface area (Å²) in [6.07, 6.45) is 1.09. The van der Waals surface area contributed by atoms with Crippen LogP contribution in [0.25, 0.3) is 6.08 Å². The molecule has 152 valence electrons. The summed E-state index contributed by atoms with van der Waals surface area (Å²) >= 11 is 1.31. The lowest BCUT2D eigenvalue weighted by Crippen LogP contribution is -2.34. The van der Waals surface area contributed by atoms with Crippen LogP contribution in [0, 0.1) is 5.82 Å². The number of aromatic nitrogens is 2. The first-order valence-electron chi connectivity index (χ1n) is 8.33. The number of amides is 1. The number of nitrogens with one attached hydrogen (secondary N) is 1. The number of hydrogen-bond acceptors (Lipinski definition) is 6.